The minimum Gasteiger partial charge on any atom is -0.497 e. The third-order valence-electron chi connectivity index (χ3n) is 7.54. The monoisotopic (exact) mass is 429 g/mol. The minimum atomic E-state index is -0.209. The van der Waals surface area contributed by atoms with E-state index in [0.717, 1.165) is 6.42 Å². The zero-order valence-electron chi connectivity index (χ0n) is 17.6. The van der Waals surface area contributed by atoms with E-state index in [0.29, 0.717) is 34.6 Å². The van der Waals surface area contributed by atoms with Gasteiger partial charge >= 0.3 is 0 Å². The van der Waals surface area contributed by atoms with Gasteiger partial charge < -0.3 is 9.47 Å². The first-order valence-corrected chi connectivity index (χ1v) is 11.0. The highest BCUT2D eigenvalue weighted by Crippen LogP contribution is 2.65. The van der Waals surface area contributed by atoms with Crippen LogP contribution in [0.1, 0.15) is 16.8 Å². The number of nitrogens with zero attached hydrogens (tertiary/aromatic N) is 1. The summed E-state index contributed by atoms with van der Waals surface area (Å²) >= 11 is 0. The van der Waals surface area contributed by atoms with Gasteiger partial charge in [0.05, 0.1) is 24.6 Å². The SMILES string of the molecule is COc1ccc(C(=O)COc2ccc(N3C(=O)C4C5C=CC(C6CC56)C4C3=O)cc2)cc1. The third kappa shape index (κ3) is 2.82. The van der Waals surface area contributed by atoms with Crippen molar-refractivity contribution in [1.29, 1.82) is 0 Å². The molecule has 0 aromatic heterocycles. The Morgan fingerprint density at radius 3 is 2.00 bits per heavy atom. The summed E-state index contributed by atoms with van der Waals surface area (Å²) in [6.45, 7) is -0.102. The molecular formula is C26H23NO5. The maximum absolute atomic E-state index is 13.2. The molecule has 2 aromatic rings. The molecule has 4 aliphatic carbocycles. The molecule has 0 spiro atoms. The smallest absolute Gasteiger partial charge is 0.238 e. The second kappa shape index (κ2) is 7.05. The Balaban J connectivity index is 1.14. The number of imide groups is 1. The molecular weight excluding hydrogens is 406 g/mol. The molecule has 32 heavy (non-hydrogen) atoms. The molecule has 6 heteroatoms. The average Bonchev–Trinajstić information content (AvgIpc) is 3.61. The van der Waals surface area contributed by atoms with Crippen LogP contribution in [0, 0.1) is 35.5 Å². The molecule has 6 unspecified atom stereocenters. The summed E-state index contributed by atoms with van der Waals surface area (Å²) in [6.07, 6.45) is 5.49. The number of anilines is 1. The van der Waals surface area contributed by atoms with Crippen molar-refractivity contribution in [1.82, 2.24) is 0 Å². The van der Waals surface area contributed by atoms with E-state index in [1.807, 2.05) is 0 Å². The number of hydrogen-bond acceptors (Lipinski definition) is 5. The van der Waals surface area contributed by atoms with Gasteiger partial charge in [0.15, 0.2) is 12.4 Å². The van der Waals surface area contributed by atoms with Crippen LogP contribution in [0.25, 0.3) is 0 Å². The van der Waals surface area contributed by atoms with Crippen LogP contribution in [0.2, 0.25) is 0 Å². The molecule has 2 amide bonds. The summed E-state index contributed by atoms with van der Waals surface area (Å²) in [5.41, 5.74) is 1.11. The van der Waals surface area contributed by atoms with Gasteiger partial charge in [-0.2, -0.15) is 0 Å². The van der Waals surface area contributed by atoms with Gasteiger partial charge in [0.2, 0.25) is 11.8 Å². The lowest BCUT2D eigenvalue weighted by Gasteiger charge is -2.37. The predicted octanol–water partition coefficient (Wildman–Crippen LogP) is 3.51. The van der Waals surface area contributed by atoms with E-state index in [4.69, 9.17) is 9.47 Å². The lowest BCUT2D eigenvalue weighted by atomic mass is 9.63. The van der Waals surface area contributed by atoms with Gasteiger partial charge in [-0.05, 0) is 78.6 Å². The Bertz CT molecular complexity index is 1100. The number of rotatable bonds is 6. The summed E-state index contributed by atoms with van der Waals surface area (Å²) in [6, 6.07) is 13.7. The van der Waals surface area contributed by atoms with Crippen LogP contribution in [0.15, 0.2) is 60.7 Å². The molecule has 162 valence electrons. The highest BCUT2D eigenvalue weighted by atomic mass is 16.5. The number of Topliss-reactive ketones (excluding diaryl/α,β-unsaturated/α-hetero) is 1. The topological polar surface area (TPSA) is 72.9 Å². The molecule has 2 saturated carbocycles. The predicted molar refractivity (Wildman–Crippen MR) is 116 cm³/mol. The Hall–Kier alpha value is -3.41. The van der Waals surface area contributed by atoms with E-state index < -0.39 is 0 Å². The van der Waals surface area contributed by atoms with Crippen LogP contribution in [-0.2, 0) is 9.59 Å². The molecule has 1 aliphatic heterocycles. The highest BCUT2D eigenvalue weighted by molar-refractivity contribution is 6.22. The first-order valence-electron chi connectivity index (χ1n) is 11.0. The molecule has 2 bridgehead atoms. The van der Waals surface area contributed by atoms with Gasteiger partial charge in [-0.1, -0.05) is 12.2 Å². The number of hydrogen-bond donors (Lipinski definition) is 0. The van der Waals surface area contributed by atoms with E-state index in [-0.39, 0.29) is 47.9 Å². The first kappa shape index (κ1) is 19.3. The molecule has 3 fully saturated rings. The largest absolute Gasteiger partial charge is 0.497 e. The third-order valence-corrected chi connectivity index (χ3v) is 7.54. The molecule has 7 rings (SSSR count). The van der Waals surface area contributed by atoms with Gasteiger partial charge in [-0.15, -0.1) is 0 Å². The van der Waals surface area contributed by atoms with Crippen molar-refractivity contribution in [3.8, 4) is 11.5 Å². The summed E-state index contributed by atoms with van der Waals surface area (Å²) in [5.74, 6) is 2.07. The van der Waals surface area contributed by atoms with Crippen LogP contribution in [0.3, 0.4) is 0 Å². The van der Waals surface area contributed by atoms with Gasteiger partial charge in [-0.3, -0.25) is 19.3 Å². The van der Waals surface area contributed by atoms with E-state index in [2.05, 4.69) is 12.2 Å². The highest BCUT2D eigenvalue weighted by Gasteiger charge is 2.67. The van der Waals surface area contributed by atoms with Gasteiger partial charge in [0.25, 0.3) is 0 Å². The van der Waals surface area contributed by atoms with Gasteiger partial charge in [-0.25, -0.2) is 0 Å². The molecule has 6 nitrogen and oxygen atoms in total. The van der Waals surface area contributed by atoms with Gasteiger partial charge in [0, 0.05) is 5.56 Å². The van der Waals surface area contributed by atoms with E-state index in [1.54, 1.807) is 55.6 Å². The van der Waals surface area contributed by atoms with Crippen LogP contribution < -0.4 is 14.4 Å². The maximum atomic E-state index is 13.2. The molecule has 2 aromatic carbocycles. The Morgan fingerprint density at radius 1 is 0.875 bits per heavy atom. The van der Waals surface area contributed by atoms with Crippen molar-refractivity contribution < 1.29 is 23.9 Å². The Morgan fingerprint density at radius 2 is 1.44 bits per heavy atom. The fourth-order valence-electron chi connectivity index (χ4n) is 5.91. The fraction of sp³-hybridized carbons (Fsp3) is 0.346. The number of carbonyl (C=O) groups is 3. The summed E-state index contributed by atoms with van der Waals surface area (Å²) in [5, 5.41) is 0. The fourth-order valence-corrected chi connectivity index (χ4v) is 5.91. The molecule has 1 saturated heterocycles. The lowest BCUT2D eigenvalue weighted by Crippen LogP contribution is -2.40. The normalized spacial score (nSPS) is 31.3. The van der Waals surface area contributed by atoms with Crippen LogP contribution >= 0.6 is 0 Å². The first-order chi connectivity index (χ1) is 15.6. The van der Waals surface area contributed by atoms with Crippen molar-refractivity contribution in [2.45, 2.75) is 6.42 Å². The summed E-state index contributed by atoms with van der Waals surface area (Å²) in [4.78, 5) is 40.1. The maximum Gasteiger partial charge on any atom is 0.238 e. The lowest BCUT2D eigenvalue weighted by molar-refractivity contribution is -0.124. The minimum absolute atomic E-state index is 0.0759. The molecule has 6 atom stereocenters. The number of amides is 2. The number of ether oxygens (including phenoxy) is 2. The second-order valence-corrected chi connectivity index (χ2v) is 9.10. The van der Waals surface area contributed by atoms with Gasteiger partial charge in [0.1, 0.15) is 11.5 Å². The molecule has 5 aliphatic rings. The van der Waals surface area contributed by atoms with Crippen LogP contribution in [0.5, 0.6) is 11.5 Å². The van der Waals surface area contributed by atoms with Crippen molar-refractivity contribution in [3.05, 3.63) is 66.2 Å². The van der Waals surface area contributed by atoms with Crippen molar-refractivity contribution in [2.75, 3.05) is 18.6 Å². The van der Waals surface area contributed by atoms with E-state index in [1.165, 1.54) is 4.90 Å². The van der Waals surface area contributed by atoms with Crippen molar-refractivity contribution in [3.63, 3.8) is 0 Å². The standard InChI is InChI=1S/C26H23NO5/c1-31-16-6-2-14(3-7-16)22(28)13-32-17-8-4-15(5-9-17)27-25(29)23-18-10-11-19(21-12-20(18)21)24(23)26(27)30/h2-11,18-21,23-24H,12-13H2,1H3. The zero-order chi connectivity index (χ0) is 22.0. The zero-order valence-corrected chi connectivity index (χ0v) is 17.6. The van der Waals surface area contributed by atoms with E-state index >= 15 is 0 Å². The number of benzene rings is 2. The number of carbonyl (C=O) groups excluding carboxylic acids is 3. The van der Waals surface area contributed by atoms with Crippen LogP contribution in [0.4, 0.5) is 5.69 Å². The summed E-state index contributed by atoms with van der Waals surface area (Å²) < 4.78 is 10.7. The Kier molecular flexibility index (Phi) is 4.25. The quantitative estimate of drug-likeness (QED) is 0.399. The second-order valence-electron chi connectivity index (χ2n) is 9.10. The van der Waals surface area contributed by atoms with Crippen LogP contribution in [-0.4, -0.2) is 31.3 Å². The number of allylic oxidation sites excluding steroid dienone is 2. The Labute approximate surface area is 185 Å². The van der Waals surface area contributed by atoms with Crippen molar-refractivity contribution in [2.24, 2.45) is 35.5 Å². The molecule has 1 heterocycles. The molecule has 0 radical (unpaired) electrons. The average molecular weight is 429 g/mol. The number of methoxy groups -OCH3 is 1. The molecule has 0 N–H and O–H groups in total. The van der Waals surface area contributed by atoms with E-state index in [9.17, 15) is 14.4 Å². The van der Waals surface area contributed by atoms with Crippen molar-refractivity contribution >= 4 is 23.3 Å². The summed E-state index contributed by atoms with van der Waals surface area (Å²) in [7, 11) is 1.57. The number of ketones is 1.